The summed E-state index contributed by atoms with van der Waals surface area (Å²) in [6.45, 7) is 0. The van der Waals surface area contributed by atoms with Crippen LogP contribution in [-0.4, -0.2) is 37.2 Å². The summed E-state index contributed by atoms with van der Waals surface area (Å²) in [4.78, 5) is 20.4. The Hall–Kier alpha value is -0.270. The molecule has 0 atom stereocenters. The maximum Gasteiger partial charge on any atom is 0.354 e. The Balaban J connectivity index is 4.14. The van der Waals surface area contributed by atoms with E-state index in [1.165, 1.54) is 0 Å². The molecule has 0 aromatic rings. The molecule has 0 aromatic carbocycles. The summed E-state index contributed by atoms with van der Waals surface area (Å²) in [7, 11) is -0.940. The summed E-state index contributed by atoms with van der Waals surface area (Å²) in [6, 6.07) is 0. The summed E-state index contributed by atoms with van der Waals surface area (Å²) in [6.07, 6.45) is 0. The molecule has 0 unspecified atom stereocenters. The third-order valence-electron chi connectivity index (χ3n) is 0.842. The SMILES string of the molecule is O=C(O)C[S+](CC(=O)O)C(=S)S. The first-order chi connectivity index (χ1) is 5.43. The predicted octanol–water partition coefficient (Wildman–Crippen LogP) is -0.0114. The Labute approximate surface area is 82.7 Å². The Morgan fingerprint density at radius 1 is 1.25 bits per heavy atom. The number of thiol groups is 1. The molecular formula is C5H7O4S3+. The molecule has 0 aliphatic heterocycles. The Morgan fingerprint density at radius 2 is 1.58 bits per heavy atom. The van der Waals surface area contributed by atoms with E-state index in [0.717, 1.165) is 0 Å². The van der Waals surface area contributed by atoms with Crippen LogP contribution < -0.4 is 0 Å². The lowest BCUT2D eigenvalue weighted by atomic mass is 10.8. The van der Waals surface area contributed by atoms with Crippen molar-refractivity contribution in [3.63, 3.8) is 0 Å². The van der Waals surface area contributed by atoms with Crippen molar-refractivity contribution in [3.05, 3.63) is 0 Å². The second-order valence-electron chi connectivity index (χ2n) is 1.83. The highest BCUT2D eigenvalue weighted by atomic mass is 32.3. The Bertz CT molecular complexity index is 199. The van der Waals surface area contributed by atoms with Gasteiger partial charge in [0.25, 0.3) is 3.53 Å². The summed E-state index contributed by atoms with van der Waals surface area (Å²) in [5.74, 6) is -2.63. The zero-order chi connectivity index (χ0) is 9.72. The van der Waals surface area contributed by atoms with E-state index in [-0.39, 0.29) is 15.0 Å². The minimum absolute atomic E-state index is 0.153. The molecule has 0 fully saturated rings. The van der Waals surface area contributed by atoms with Gasteiger partial charge in [-0.15, -0.1) is 0 Å². The van der Waals surface area contributed by atoms with Crippen LogP contribution in [0.3, 0.4) is 0 Å². The molecule has 2 N–H and O–H groups in total. The van der Waals surface area contributed by atoms with E-state index in [0.29, 0.717) is 0 Å². The van der Waals surface area contributed by atoms with Crippen LogP contribution in [0.1, 0.15) is 0 Å². The molecule has 0 aliphatic carbocycles. The molecule has 0 bridgehead atoms. The molecule has 0 aliphatic rings. The van der Waals surface area contributed by atoms with E-state index in [1.807, 2.05) is 0 Å². The van der Waals surface area contributed by atoms with Crippen molar-refractivity contribution in [1.82, 2.24) is 0 Å². The van der Waals surface area contributed by atoms with Crippen LogP contribution in [0.4, 0.5) is 0 Å². The van der Waals surface area contributed by atoms with Crippen molar-refractivity contribution in [1.29, 1.82) is 0 Å². The number of aliphatic carboxylic acids is 2. The van der Waals surface area contributed by atoms with E-state index in [9.17, 15) is 9.59 Å². The van der Waals surface area contributed by atoms with Gasteiger partial charge in [-0.1, -0.05) is 12.6 Å². The van der Waals surface area contributed by atoms with Crippen LogP contribution in [0.15, 0.2) is 0 Å². The lowest BCUT2D eigenvalue weighted by molar-refractivity contribution is -0.134. The molecular weight excluding hydrogens is 220 g/mol. The molecule has 12 heavy (non-hydrogen) atoms. The fraction of sp³-hybridized carbons (Fsp3) is 0.400. The highest BCUT2D eigenvalue weighted by Gasteiger charge is 2.29. The van der Waals surface area contributed by atoms with Crippen LogP contribution >= 0.6 is 24.8 Å². The summed E-state index contributed by atoms with van der Waals surface area (Å²) in [5.41, 5.74) is 0. The van der Waals surface area contributed by atoms with Gasteiger partial charge in [0.05, 0.1) is 10.9 Å². The molecule has 0 rings (SSSR count). The standard InChI is InChI=1S/C5H6O4S3/c6-3(7)1-12(5(10)11)2-4(8)9/h1-2H2,(H2-,6,7,8,9,10,11)/p+1. The Morgan fingerprint density at radius 3 is 1.75 bits per heavy atom. The number of thiocarbonyl (C=S) groups is 1. The van der Waals surface area contributed by atoms with E-state index >= 15 is 0 Å². The maximum atomic E-state index is 10.2. The number of carboxylic acids is 2. The van der Waals surface area contributed by atoms with Crippen LogP contribution in [0.2, 0.25) is 0 Å². The van der Waals surface area contributed by atoms with Gasteiger partial charge in [-0.05, 0) is 12.2 Å². The summed E-state index contributed by atoms with van der Waals surface area (Å²) < 4.78 is 0.153. The van der Waals surface area contributed by atoms with Gasteiger partial charge in [0, 0.05) is 0 Å². The maximum absolute atomic E-state index is 10.2. The third-order valence-corrected chi connectivity index (χ3v) is 4.01. The van der Waals surface area contributed by atoms with E-state index < -0.39 is 22.8 Å². The van der Waals surface area contributed by atoms with Gasteiger partial charge in [0.1, 0.15) is 0 Å². The van der Waals surface area contributed by atoms with E-state index in [2.05, 4.69) is 24.8 Å². The van der Waals surface area contributed by atoms with Gasteiger partial charge in [0.15, 0.2) is 0 Å². The van der Waals surface area contributed by atoms with Crippen molar-refractivity contribution in [3.8, 4) is 0 Å². The monoisotopic (exact) mass is 227 g/mol. The summed E-state index contributed by atoms with van der Waals surface area (Å²) >= 11 is 8.36. The minimum Gasteiger partial charge on any atom is -0.478 e. The fourth-order valence-electron chi connectivity index (χ4n) is 0.473. The number of carboxylic acid groups (broad SMARTS) is 2. The van der Waals surface area contributed by atoms with Crippen LogP contribution in [-0.2, 0) is 20.5 Å². The van der Waals surface area contributed by atoms with Gasteiger partial charge in [-0.2, -0.15) is 0 Å². The number of hydrogen-bond donors (Lipinski definition) is 3. The molecule has 0 saturated carbocycles. The van der Waals surface area contributed by atoms with E-state index in [1.54, 1.807) is 0 Å². The largest absolute Gasteiger partial charge is 0.478 e. The molecule has 0 aromatic heterocycles. The molecule has 0 radical (unpaired) electrons. The average Bonchev–Trinajstić information content (AvgIpc) is 1.83. The van der Waals surface area contributed by atoms with Crippen molar-refractivity contribution in [2.24, 2.45) is 0 Å². The summed E-state index contributed by atoms with van der Waals surface area (Å²) in [5, 5.41) is 16.7. The molecule has 4 nitrogen and oxygen atoms in total. The zero-order valence-corrected chi connectivity index (χ0v) is 8.42. The van der Waals surface area contributed by atoms with Gasteiger partial charge < -0.3 is 10.2 Å². The van der Waals surface area contributed by atoms with Gasteiger partial charge in [-0.3, -0.25) is 0 Å². The van der Waals surface area contributed by atoms with Crippen molar-refractivity contribution < 1.29 is 19.8 Å². The second kappa shape index (κ2) is 5.39. The molecule has 0 heterocycles. The molecule has 0 saturated heterocycles. The number of carbonyl (C=O) groups is 2. The van der Waals surface area contributed by atoms with Crippen LogP contribution in [0.5, 0.6) is 0 Å². The van der Waals surface area contributed by atoms with Gasteiger partial charge in [-0.25, -0.2) is 9.59 Å². The van der Waals surface area contributed by atoms with Gasteiger partial charge in [0.2, 0.25) is 11.5 Å². The second-order valence-corrected chi connectivity index (χ2v) is 5.53. The van der Waals surface area contributed by atoms with Gasteiger partial charge >= 0.3 is 11.9 Å². The highest BCUT2D eigenvalue weighted by Crippen LogP contribution is 2.04. The Kier molecular flexibility index (Phi) is 5.27. The first kappa shape index (κ1) is 11.7. The lowest BCUT2D eigenvalue weighted by Gasteiger charge is -1.98. The highest BCUT2D eigenvalue weighted by molar-refractivity contribution is 8.40. The lowest BCUT2D eigenvalue weighted by Crippen LogP contribution is -2.27. The topological polar surface area (TPSA) is 74.6 Å². The van der Waals surface area contributed by atoms with Crippen molar-refractivity contribution in [2.75, 3.05) is 11.5 Å². The first-order valence-electron chi connectivity index (χ1n) is 2.77. The van der Waals surface area contributed by atoms with Crippen LogP contribution in [0, 0.1) is 0 Å². The fourth-order valence-corrected chi connectivity index (χ4v) is 2.16. The number of rotatable bonds is 4. The van der Waals surface area contributed by atoms with E-state index in [4.69, 9.17) is 10.2 Å². The normalized spacial score (nSPS) is 9.83. The van der Waals surface area contributed by atoms with Crippen LogP contribution in [0.25, 0.3) is 0 Å². The first-order valence-corrected chi connectivity index (χ1v) is 5.19. The molecule has 7 heteroatoms. The molecule has 0 spiro atoms. The average molecular weight is 227 g/mol. The molecule has 68 valence electrons. The number of hydrogen-bond acceptors (Lipinski definition) is 3. The molecule has 0 amide bonds. The third kappa shape index (κ3) is 5.39. The smallest absolute Gasteiger partial charge is 0.354 e. The van der Waals surface area contributed by atoms with Crippen molar-refractivity contribution in [2.45, 2.75) is 0 Å². The predicted molar refractivity (Wildman–Crippen MR) is 54.0 cm³/mol. The minimum atomic E-state index is -1.06. The van der Waals surface area contributed by atoms with Crippen molar-refractivity contribution >= 4 is 51.2 Å². The zero-order valence-electron chi connectivity index (χ0n) is 5.89. The quantitative estimate of drug-likeness (QED) is 0.358.